The zero-order valence-corrected chi connectivity index (χ0v) is 14.5. The first-order valence-corrected chi connectivity index (χ1v) is 8.19. The maximum Gasteiger partial charge on any atom is 0.224 e. The van der Waals surface area contributed by atoms with Gasteiger partial charge >= 0.3 is 0 Å². The number of piperidine rings is 1. The molecule has 0 unspecified atom stereocenters. The molecule has 0 aromatic carbocycles. The fourth-order valence-electron chi connectivity index (χ4n) is 2.70. The number of nitrogens with zero attached hydrogens (tertiary/aromatic N) is 3. The van der Waals surface area contributed by atoms with Crippen molar-refractivity contribution < 1.29 is 0 Å². The van der Waals surface area contributed by atoms with E-state index < -0.39 is 0 Å². The van der Waals surface area contributed by atoms with E-state index in [1.807, 2.05) is 0 Å². The van der Waals surface area contributed by atoms with Gasteiger partial charge in [0.15, 0.2) is 0 Å². The van der Waals surface area contributed by atoms with Crippen molar-refractivity contribution in [1.82, 2.24) is 15.3 Å². The van der Waals surface area contributed by atoms with Crippen LogP contribution < -0.4 is 10.2 Å². The van der Waals surface area contributed by atoms with E-state index in [1.165, 1.54) is 0 Å². The number of nitrogens with one attached hydrogen (secondary N) is 1. The highest BCUT2D eigenvalue weighted by molar-refractivity contribution is 6.28. The molecule has 2 rings (SSSR count). The van der Waals surface area contributed by atoms with Crippen molar-refractivity contribution in [1.29, 1.82) is 0 Å². The third-order valence-electron chi connectivity index (χ3n) is 3.84. The molecule has 2 heterocycles. The Morgan fingerprint density at radius 2 is 1.86 bits per heavy atom. The molecule has 1 N–H and O–H groups in total. The Kier molecular flexibility index (Phi) is 5.10. The van der Waals surface area contributed by atoms with Crippen LogP contribution >= 0.6 is 11.6 Å². The predicted molar refractivity (Wildman–Crippen MR) is 89.2 cm³/mol. The summed E-state index contributed by atoms with van der Waals surface area (Å²) in [7, 11) is 0. The van der Waals surface area contributed by atoms with Crippen LogP contribution in [-0.2, 0) is 5.41 Å². The average Bonchev–Trinajstić information content (AvgIpc) is 2.37. The van der Waals surface area contributed by atoms with E-state index in [0.29, 0.717) is 17.4 Å². The standard InChI is InChI=1S/C16H27ClN4/c1-11(2)18-12-6-8-21(9-7-12)14-10-13(16(3,4)5)19-15(17)20-14/h10-12,18H,6-9H2,1-5H3. The van der Waals surface area contributed by atoms with Crippen molar-refractivity contribution in [3.63, 3.8) is 0 Å². The summed E-state index contributed by atoms with van der Waals surface area (Å²) >= 11 is 6.11. The number of halogens is 1. The van der Waals surface area contributed by atoms with Crippen molar-refractivity contribution in [3.8, 4) is 0 Å². The van der Waals surface area contributed by atoms with Gasteiger partial charge in [-0.05, 0) is 24.4 Å². The van der Waals surface area contributed by atoms with Crippen molar-refractivity contribution in [2.45, 2.75) is 65.0 Å². The molecule has 21 heavy (non-hydrogen) atoms. The molecule has 4 nitrogen and oxygen atoms in total. The molecule has 0 atom stereocenters. The van der Waals surface area contributed by atoms with Gasteiger partial charge in [-0.2, -0.15) is 0 Å². The second kappa shape index (κ2) is 6.49. The first kappa shape index (κ1) is 16.5. The maximum atomic E-state index is 6.11. The molecule has 0 bridgehead atoms. The lowest BCUT2D eigenvalue weighted by molar-refractivity contribution is 0.386. The minimum Gasteiger partial charge on any atom is -0.356 e. The van der Waals surface area contributed by atoms with Crippen LogP contribution in [0.25, 0.3) is 0 Å². The summed E-state index contributed by atoms with van der Waals surface area (Å²) in [5, 5.41) is 3.96. The molecular weight excluding hydrogens is 284 g/mol. The smallest absolute Gasteiger partial charge is 0.224 e. The van der Waals surface area contributed by atoms with Crippen molar-refractivity contribution in [2.75, 3.05) is 18.0 Å². The van der Waals surface area contributed by atoms with Crippen LogP contribution in [0.2, 0.25) is 5.28 Å². The number of hydrogen-bond acceptors (Lipinski definition) is 4. The summed E-state index contributed by atoms with van der Waals surface area (Å²) in [6, 6.07) is 3.24. The van der Waals surface area contributed by atoms with E-state index in [2.05, 4.69) is 60.9 Å². The molecule has 0 saturated carbocycles. The lowest BCUT2D eigenvalue weighted by atomic mass is 9.92. The summed E-state index contributed by atoms with van der Waals surface area (Å²) in [6.45, 7) is 12.9. The fourth-order valence-corrected chi connectivity index (χ4v) is 2.88. The normalized spacial score (nSPS) is 17.6. The van der Waals surface area contributed by atoms with Gasteiger partial charge in [0.1, 0.15) is 5.82 Å². The van der Waals surface area contributed by atoms with Crippen LogP contribution in [0, 0.1) is 0 Å². The summed E-state index contributed by atoms with van der Waals surface area (Å²) in [6.07, 6.45) is 2.29. The Morgan fingerprint density at radius 3 is 2.38 bits per heavy atom. The predicted octanol–water partition coefficient (Wildman–Crippen LogP) is 3.39. The van der Waals surface area contributed by atoms with Gasteiger partial charge in [-0.15, -0.1) is 0 Å². The van der Waals surface area contributed by atoms with E-state index >= 15 is 0 Å². The van der Waals surface area contributed by atoms with Gasteiger partial charge < -0.3 is 10.2 Å². The van der Waals surface area contributed by atoms with Gasteiger partial charge in [0.05, 0.1) is 5.69 Å². The van der Waals surface area contributed by atoms with E-state index in [9.17, 15) is 0 Å². The lowest BCUT2D eigenvalue weighted by Crippen LogP contribution is -2.45. The third-order valence-corrected chi connectivity index (χ3v) is 4.01. The molecule has 1 aromatic heterocycles. The average molecular weight is 311 g/mol. The number of hydrogen-bond donors (Lipinski definition) is 1. The van der Waals surface area contributed by atoms with Crippen LogP contribution in [0.15, 0.2) is 6.07 Å². The highest BCUT2D eigenvalue weighted by atomic mass is 35.5. The quantitative estimate of drug-likeness (QED) is 0.869. The second-order valence-corrected chi connectivity index (χ2v) is 7.55. The topological polar surface area (TPSA) is 41.0 Å². The lowest BCUT2D eigenvalue weighted by Gasteiger charge is -2.34. The Balaban J connectivity index is 2.08. The molecule has 118 valence electrons. The van der Waals surface area contributed by atoms with E-state index in [4.69, 9.17) is 11.6 Å². The van der Waals surface area contributed by atoms with E-state index in [-0.39, 0.29) is 5.41 Å². The number of aromatic nitrogens is 2. The highest BCUT2D eigenvalue weighted by Crippen LogP contribution is 2.26. The molecule has 0 radical (unpaired) electrons. The van der Waals surface area contributed by atoms with Crippen LogP contribution in [0.4, 0.5) is 5.82 Å². The van der Waals surface area contributed by atoms with Crippen molar-refractivity contribution in [2.24, 2.45) is 0 Å². The SMILES string of the molecule is CC(C)NC1CCN(c2cc(C(C)(C)C)nc(Cl)n2)CC1. The molecular formula is C16H27ClN4. The van der Waals surface area contributed by atoms with Gasteiger partial charge in [-0.25, -0.2) is 9.97 Å². The molecule has 5 heteroatoms. The molecule has 1 aliphatic heterocycles. The Hall–Kier alpha value is -0.870. The summed E-state index contributed by atoms with van der Waals surface area (Å²) in [4.78, 5) is 11.1. The van der Waals surface area contributed by atoms with Crippen LogP contribution in [0.3, 0.4) is 0 Å². The monoisotopic (exact) mass is 310 g/mol. The number of rotatable bonds is 3. The first-order valence-electron chi connectivity index (χ1n) is 7.82. The van der Waals surface area contributed by atoms with Crippen LogP contribution in [-0.4, -0.2) is 35.1 Å². The number of anilines is 1. The fraction of sp³-hybridized carbons (Fsp3) is 0.750. The van der Waals surface area contributed by atoms with Crippen molar-refractivity contribution >= 4 is 17.4 Å². The zero-order valence-electron chi connectivity index (χ0n) is 13.8. The van der Waals surface area contributed by atoms with E-state index in [1.54, 1.807) is 0 Å². The minimum atomic E-state index is -0.0150. The first-order chi connectivity index (χ1) is 9.75. The van der Waals surface area contributed by atoms with E-state index in [0.717, 1.165) is 37.4 Å². The van der Waals surface area contributed by atoms with Gasteiger partial charge in [0, 0.05) is 36.7 Å². The van der Waals surface area contributed by atoms with Gasteiger partial charge in [-0.3, -0.25) is 0 Å². The molecule has 1 aromatic rings. The minimum absolute atomic E-state index is 0.0150. The largest absolute Gasteiger partial charge is 0.356 e. The molecule has 0 spiro atoms. The summed E-state index contributed by atoms with van der Waals surface area (Å²) in [5.41, 5.74) is 0.985. The molecule has 1 fully saturated rings. The molecule has 0 amide bonds. The maximum absolute atomic E-state index is 6.11. The molecule has 1 saturated heterocycles. The van der Waals surface area contributed by atoms with Crippen molar-refractivity contribution in [3.05, 3.63) is 17.0 Å². The van der Waals surface area contributed by atoms with Crippen LogP contribution in [0.1, 0.15) is 53.2 Å². The highest BCUT2D eigenvalue weighted by Gasteiger charge is 2.23. The Labute approximate surface area is 133 Å². The zero-order chi connectivity index (χ0) is 15.6. The van der Waals surface area contributed by atoms with Gasteiger partial charge in [0.25, 0.3) is 0 Å². The molecule has 1 aliphatic rings. The van der Waals surface area contributed by atoms with Gasteiger partial charge in [0.2, 0.25) is 5.28 Å². The Bertz CT molecular complexity index is 474. The Morgan fingerprint density at radius 1 is 1.24 bits per heavy atom. The van der Waals surface area contributed by atoms with Crippen LogP contribution in [0.5, 0.6) is 0 Å². The van der Waals surface area contributed by atoms with Gasteiger partial charge in [-0.1, -0.05) is 34.6 Å². The third kappa shape index (κ3) is 4.55. The summed E-state index contributed by atoms with van der Waals surface area (Å²) in [5.74, 6) is 0.961. The second-order valence-electron chi connectivity index (χ2n) is 7.21. The molecule has 0 aliphatic carbocycles. The summed E-state index contributed by atoms with van der Waals surface area (Å²) < 4.78 is 0.